The topological polar surface area (TPSA) is 66.8 Å². The summed E-state index contributed by atoms with van der Waals surface area (Å²) in [7, 11) is 0. The fourth-order valence-corrected chi connectivity index (χ4v) is 3.29. The number of carbonyl (C=O) groups excluding carboxylic acids is 1. The number of anilines is 2. The van der Waals surface area contributed by atoms with Gasteiger partial charge in [-0.2, -0.15) is 0 Å². The third-order valence-electron chi connectivity index (χ3n) is 4.85. The Kier molecular flexibility index (Phi) is 6.86. The van der Waals surface area contributed by atoms with Crippen LogP contribution >= 0.6 is 0 Å². The van der Waals surface area contributed by atoms with Gasteiger partial charge in [0.05, 0.1) is 11.4 Å². The van der Waals surface area contributed by atoms with E-state index in [0.717, 1.165) is 22.5 Å². The van der Waals surface area contributed by atoms with Crippen LogP contribution in [0.3, 0.4) is 0 Å². The zero-order valence-corrected chi connectivity index (χ0v) is 17.1. The van der Waals surface area contributed by atoms with Gasteiger partial charge in [0.1, 0.15) is 5.75 Å². The number of hydrogen-bond donors (Lipinski definition) is 1. The van der Waals surface area contributed by atoms with E-state index in [2.05, 4.69) is 0 Å². The number of carbonyl (C=O) groups is 2. The van der Waals surface area contributed by atoms with Crippen LogP contribution in [0.4, 0.5) is 11.4 Å². The predicted molar refractivity (Wildman–Crippen MR) is 117 cm³/mol. The number of ether oxygens (including phenoxy) is 1. The molecule has 3 aromatic carbocycles. The number of aryl methyl sites for hydroxylation is 2. The van der Waals surface area contributed by atoms with Gasteiger partial charge in [-0.3, -0.25) is 14.5 Å². The Hall–Kier alpha value is -3.60. The highest BCUT2D eigenvalue weighted by molar-refractivity contribution is 6.04. The molecule has 0 aliphatic carbocycles. The summed E-state index contributed by atoms with van der Waals surface area (Å²) in [5.74, 6) is -0.748. The molecule has 0 aliphatic rings. The number of carboxylic acids is 1. The molecular formula is C25H25NO4. The molecule has 30 heavy (non-hydrogen) atoms. The molecule has 3 aromatic rings. The molecule has 1 unspecified atom stereocenters. The van der Waals surface area contributed by atoms with E-state index in [1.807, 2.05) is 80.6 Å². The Morgan fingerprint density at radius 2 is 1.33 bits per heavy atom. The second kappa shape index (κ2) is 9.74. The van der Waals surface area contributed by atoms with Gasteiger partial charge in [-0.1, -0.05) is 54.6 Å². The van der Waals surface area contributed by atoms with Gasteiger partial charge in [0.2, 0.25) is 0 Å². The number of amides is 1. The molecule has 5 nitrogen and oxygen atoms in total. The highest BCUT2D eigenvalue weighted by Crippen LogP contribution is 2.32. The molecule has 0 bridgehead atoms. The molecule has 1 amide bonds. The Bertz CT molecular complexity index is 971. The van der Waals surface area contributed by atoms with Crippen LogP contribution in [0.5, 0.6) is 5.75 Å². The summed E-state index contributed by atoms with van der Waals surface area (Å²) in [6.07, 6.45) is -1.04. The van der Waals surface area contributed by atoms with Crippen molar-refractivity contribution in [1.82, 2.24) is 0 Å². The predicted octanol–water partition coefficient (Wildman–Crippen LogP) is 5.28. The maximum Gasteiger partial charge on any atom is 0.303 e. The third-order valence-corrected chi connectivity index (χ3v) is 4.85. The summed E-state index contributed by atoms with van der Waals surface area (Å²) in [6, 6.07) is 24.2. The Morgan fingerprint density at radius 1 is 0.833 bits per heavy atom. The number of carboxylic acid groups (broad SMARTS) is 1. The minimum absolute atomic E-state index is 0.0668. The molecule has 0 radical (unpaired) electrons. The van der Waals surface area contributed by atoms with Crippen molar-refractivity contribution in [2.24, 2.45) is 0 Å². The van der Waals surface area contributed by atoms with Crippen LogP contribution in [0.1, 0.15) is 24.0 Å². The monoisotopic (exact) mass is 403 g/mol. The van der Waals surface area contributed by atoms with Gasteiger partial charge in [-0.25, -0.2) is 0 Å². The first kappa shape index (κ1) is 21.1. The number of hydrogen-bond acceptors (Lipinski definition) is 3. The molecule has 154 valence electrons. The number of rotatable bonds is 8. The van der Waals surface area contributed by atoms with E-state index in [0.29, 0.717) is 5.75 Å². The molecule has 0 heterocycles. The average Bonchev–Trinajstić information content (AvgIpc) is 2.74. The number of aliphatic carboxylic acids is 1. The summed E-state index contributed by atoms with van der Waals surface area (Å²) in [6.45, 7) is 3.89. The van der Waals surface area contributed by atoms with Crippen LogP contribution in [0.15, 0.2) is 78.9 Å². The standard InChI is InChI=1S/C25H25NO4/c1-18-10-6-8-14-21(18)26(22-15-9-7-11-19(22)2)25(29)23(16-17-24(27)28)30-20-12-4-3-5-13-20/h3-15,23H,16-17H2,1-2H3,(H,27,28). The highest BCUT2D eigenvalue weighted by atomic mass is 16.5. The number of para-hydroxylation sites is 3. The minimum Gasteiger partial charge on any atom is -0.481 e. The lowest BCUT2D eigenvalue weighted by molar-refractivity contribution is -0.137. The zero-order chi connectivity index (χ0) is 21.5. The largest absolute Gasteiger partial charge is 0.481 e. The molecule has 0 aromatic heterocycles. The van der Waals surface area contributed by atoms with E-state index in [1.165, 1.54) is 0 Å². The summed E-state index contributed by atoms with van der Waals surface area (Å²) in [5.41, 5.74) is 3.36. The van der Waals surface area contributed by atoms with Crippen LogP contribution < -0.4 is 9.64 Å². The van der Waals surface area contributed by atoms with Crippen molar-refractivity contribution < 1.29 is 19.4 Å². The lowest BCUT2D eigenvalue weighted by Crippen LogP contribution is -2.40. The molecule has 1 atom stereocenters. The molecule has 5 heteroatoms. The summed E-state index contributed by atoms with van der Waals surface area (Å²) in [5, 5.41) is 9.19. The normalized spacial score (nSPS) is 11.5. The lowest BCUT2D eigenvalue weighted by Gasteiger charge is -2.30. The second-order valence-electron chi connectivity index (χ2n) is 7.10. The third kappa shape index (κ3) is 5.06. The van der Waals surface area contributed by atoms with Crippen molar-refractivity contribution >= 4 is 23.3 Å². The van der Waals surface area contributed by atoms with Gasteiger partial charge in [0, 0.05) is 12.8 Å². The second-order valence-corrected chi connectivity index (χ2v) is 7.10. The van der Waals surface area contributed by atoms with Crippen LogP contribution in [0, 0.1) is 13.8 Å². The Labute approximate surface area is 176 Å². The van der Waals surface area contributed by atoms with Gasteiger partial charge in [-0.15, -0.1) is 0 Å². The van der Waals surface area contributed by atoms with E-state index in [1.54, 1.807) is 17.0 Å². The Morgan fingerprint density at radius 3 is 1.83 bits per heavy atom. The van der Waals surface area contributed by atoms with Gasteiger partial charge >= 0.3 is 5.97 Å². The first-order valence-electron chi connectivity index (χ1n) is 9.86. The quantitative estimate of drug-likeness (QED) is 0.556. The SMILES string of the molecule is Cc1ccccc1N(C(=O)C(CCC(=O)O)Oc1ccccc1)c1ccccc1C. The van der Waals surface area contributed by atoms with Crippen molar-refractivity contribution in [2.45, 2.75) is 32.8 Å². The maximum atomic E-state index is 13.8. The summed E-state index contributed by atoms with van der Waals surface area (Å²) < 4.78 is 5.98. The molecule has 0 saturated heterocycles. The molecule has 3 rings (SSSR count). The summed E-state index contributed by atoms with van der Waals surface area (Å²) in [4.78, 5) is 26.6. The van der Waals surface area contributed by atoms with Crippen LogP contribution in [0.25, 0.3) is 0 Å². The maximum absolute atomic E-state index is 13.8. The minimum atomic E-state index is -0.970. The van der Waals surface area contributed by atoms with Crippen molar-refractivity contribution in [1.29, 1.82) is 0 Å². The first-order valence-corrected chi connectivity index (χ1v) is 9.86. The number of benzene rings is 3. The zero-order valence-electron chi connectivity index (χ0n) is 17.1. The molecule has 0 aliphatic heterocycles. The number of nitrogens with zero attached hydrogens (tertiary/aromatic N) is 1. The van der Waals surface area contributed by atoms with Crippen LogP contribution in [0.2, 0.25) is 0 Å². The van der Waals surface area contributed by atoms with Crippen molar-refractivity contribution in [3.63, 3.8) is 0 Å². The summed E-state index contributed by atoms with van der Waals surface area (Å²) >= 11 is 0. The van der Waals surface area contributed by atoms with Gasteiger partial charge in [-0.05, 0) is 49.2 Å². The molecule has 0 saturated carbocycles. The van der Waals surface area contributed by atoms with E-state index in [-0.39, 0.29) is 18.7 Å². The first-order chi connectivity index (χ1) is 14.5. The lowest BCUT2D eigenvalue weighted by atomic mass is 10.1. The fraction of sp³-hybridized carbons (Fsp3) is 0.200. The average molecular weight is 403 g/mol. The van der Waals surface area contributed by atoms with Crippen molar-refractivity contribution in [2.75, 3.05) is 4.90 Å². The van der Waals surface area contributed by atoms with Crippen molar-refractivity contribution in [3.05, 3.63) is 90.0 Å². The van der Waals surface area contributed by atoms with Crippen LogP contribution in [-0.2, 0) is 9.59 Å². The fourth-order valence-electron chi connectivity index (χ4n) is 3.29. The van der Waals surface area contributed by atoms with Gasteiger partial charge in [0.25, 0.3) is 5.91 Å². The van der Waals surface area contributed by atoms with E-state index >= 15 is 0 Å². The van der Waals surface area contributed by atoms with E-state index in [4.69, 9.17) is 4.74 Å². The Balaban J connectivity index is 2.04. The molecular weight excluding hydrogens is 378 g/mol. The van der Waals surface area contributed by atoms with Crippen molar-refractivity contribution in [3.8, 4) is 5.75 Å². The smallest absolute Gasteiger partial charge is 0.303 e. The van der Waals surface area contributed by atoms with Gasteiger partial charge < -0.3 is 9.84 Å². The highest BCUT2D eigenvalue weighted by Gasteiger charge is 2.30. The molecule has 0 spiro atoms. The van der Waals surface area contributed by atoms with E-state index in [9.17, 15) is 14.7 Å². The molecule has 1 N–H and O–H groups in total. The van der Waals surface area contributed by atoms with E-state index < -0.39 is 12.1 Å². The molecule has 0 fully saturated rings. The van der Waals surface area contributed by atoms with Crippen LogP contribution in [-0.4, -0.2) is 23.1 Å². The van der Waals surface area contributed by atoms with Gasteiger partial charge in [0.15, 0.2) is 6.10 Å².